The van der Waals surface area contributed by atoms with Gasteiger partial charge < -0.3 is 15.1 Å². The van der Waals surface area contributed by atoms with Crippen molar-refractivity contribution in [1.29, 1.82) is 0 Å². The highest BCUT2D eigenvalue weighted by Crippen LogP contribution is 2.37. The lowest BCUT2D eigenvalue weighted by molar-refractivity contribution is 0.0133. The first kappa shape index (κ1) is 12.7. The maximum Gasteiger partial charge on any atom is 0.407 e. The molecule has 0 saturated carbocycles. The quantitative estimate of drug-likeness (QED) is 0.735. The van der Waals surface area contributed by atoms with Crippen molar-refractivity contribution in [1.82, 2.24) is 9.80 Å². The predicted octanol–water partition coefficient (Wildman–Crippen LogP) is 1.68. The number of carboxylic acid groups (broad SMARTS) is 2. The molecule has 0 radical (unpaired) electrons. The van der Waals surface area contributed by atoms with E-state index < -0.39 is 12.2 Å². The summed E-state index contributed by atoms with van der Waals surface area (Å²) >= 11 is 0. The maximum absolute atomic E-state index is 11.3. The van der Waals surface area contributed by atoms with Gasteiger partial charge >= 0.3 is 12.2 Å². The lowest BCUT2D eigenvalue weighted by Gasteiger charge is -2.46. The molecule has 2 saturated heterocycles. The van der Waals surface area contributed by atoms with Crippen LogP contribution in [-0.4, -0.2) is 56.9 Å². The van der Waals surface area contributed by atoms with E-state index in [9.17, 15) is 19.8 Å². The molecule has 2 aliphatic heterocycles. The Morgan fingerprint density at radius 2 is 2.00 bits per heavy atom. The Bertz CT molecular complexity index is 384. The predicted molar refractivity (Wildman–Crippen MR) is 64.6 cm³/mol. The summed E-state index contributed by atoms with van der Waals surface area (Å²) < 4.78 is 0. The second-order valence-corrected chi connectivity index (χ2v) is 5.01. The highest BCUT2D eigenvalue weighted by molar-refractivity contribution is 5.70. The topological polar surface area (TPSA) is 81.1 Å². The molecule has 2 rings (SSSR count). The van der Waals surface area contributed by atoms with Crippen LogP contribution >= 0.6 is 0 Å². The molecule has 6 nitrogen and oxygen atoms in total. The Labute approximate surface area is 105 Å². The van der Waals surface area contributed by atoms with Gasteiger partial charge in [-0.15, -0.1) is 6.58 Å². The van der Waals surface area contributed by atoms with Crippen LogP contribution in [-0.2, 0) is 0 Å². The van der Waals surface area contributed by atoms with Crippen LogP contribution in [0.2, 0.25) is 0 Å². The molecule has 0 aromatic rings. The van der Waals surface area contributed by atoms with Crippen molar-refractivity contribution in [2.75, 3.05) is 6.54 Å². The molecule has 2 bridgehead atoms. The van der Waals surface area contributed by atoms with Crippen LogP contribution in [0.5, 0.6) is 0 Å². The van der Waals surface area contributed by atoms with Crippen molar-refractivity contribution in [3.8, 4) is 0 Å². The summed E-state index contributed by atoms with van der Waals surface area (Å²) in [5, 5.41) is 18.5. The Balaban J connectivity index is 2.33. The minimum Gasteiger partial charge on any atom is -0.465 e. The van der Waals surface area contributed by atoms with Gasteiger partial charge in [-0.1, -0.05) is 13.0 Å². The van der Waals surface area contributed by atoms with Crippen LogP contribution in [0, 0.1) is 5.92 Å². The summed E-state index contributed by atoms with van der Waals surface area (Å²) in [5.41, 5.74) is 0. The number of carbonyl (C=O) groups is 2. The zero-order valence-corrected chi connectivity index (χ0v) is 10.3. The van der Waals surface area contributed by atoms with Gasteiger partial charge in [0.05, 0.1) is 18.1 Å². The SMILES string of the molecule is C=C[C@@H](C)[C@H]1[C@@H]2CC[C@H](CN1C(=O)O)N2C(=O)O. The Morgan fingerprint density at radius 1 is 1.33 bits per heavy atom. The normalized spacial score (nSPS) is 32.2. The number of hydrogen-bond donors (Lipinski definition) is 2. The van der Waals surface area contributed by atoms with Gasteiger partial charge in [-0.05, 0) is 18.8 Å². The molecule has 2 aliphatic rings. The molecule has 100 valence electrons. The van der Waals surface area contributed by atoms with Crippen LogP contribution in [0.4, 0.5) is 9.59 Å². The first-order valence-electron chi connectivity index (χ1n) is 6.10. The van der Waals surface area contributed by atoms with E-state index in [2.05, 4.69) is 6.58 Å². The van der Waals surface area contributed by atoms with Crippen molar-refractivity contribution in [2.45, 2.75) is 37.9 Å². The Hall–Kier alpha value is -1.72. The smallest absolute Gasteiger partial charge is 0.407 e. The summed E-state index contributed by atoms with van der Waals surface area (Å²) in [6.45, 7) is 5.84. The monoisotopic (exact) mass is 254 g/mol. The van der Waals surface area contributed by atoms with Crippen molar-refractivity contribution < 1.29 is 19.8 Å². The molecule has 0 spiro atoms. The van der Waals surface area contributed by atoms with Gasteiger partial charge in [0.25, 0.3) is 0 Å². The molecule has 4 atom stereocenters. The van der Waals surface area contributed by atoms with Crippen LogP contribution in [0.1, 0.15) is 19.8 Å². The average molecular weight is 254 g/mol. The van der Waals surface area contributed by atoms with E-state index in [0.29, 0.717) is 0 Å². The van der Waals surface area contributed by atoms with Gasteiger partial charge in [0.2, 0.25) is 0 Å². The third kappa shape index (κ3) is 1.81. The summed E-state index contributed by atoms with van der Waals surface area (Å²) in [4.78, 5) is 25.4. The zero-order valence-electron chi connectivity index (χ0n) is 10.3. The average Bonchev–Trinajstić information content (AvgIpc) is 2.63. The van der Waals surface area contributed by atoms with Crippen molar-refractivity contribution >= 4 is 12.2 Å². The molecule has 2 fully saturated rings. The summed E-state index contributed by atoms with van der Waals surface area (Å²) in [6.07, 6.45) is 1.23. The fraction of sp³-hybridized carbons (Fsp3) is 0.667. The minimum absolute atomic E-state index is 0.0630. The standard InChI is InChI=1S/C12H18N2O4/c1-3-7(2)10-9-5-4-8(14(9)12(17)18)6-13(10)11(15)16/h3,7-10H,1,4-6H2,2H3,(H,15,16)(H,17,18)/t7-,8-,9+,10+/m1/s1. The van der Waals surface area contributed by atoms with Crippen molar-refractivity contribution in [3.05, 3.63) is 12.7 Å². The van der Waals surface area contributed by atoms with E-state index in [1.165, 1.54) is 9.80 Å². The van der Waals surface area contributed by atoms with E-state index in [1.54, 1.807) is 6.08 Å². The fourth-order valence-electron chi connectivity index (χ4n) is 3.26. The first-order chi connectivity index (χ1) is 8.47. The molecule has 0 aromatic carbocycles. The molecule has 0 aromatic heterocycles. The Kier molecular flexibility index (Phi) is 3.19. The second-order valence-electron chi connectivity index (χ2n) is 5.01. The molecular formula is C12H18N2O4. The number of likely N-dealkylation sites (tertiary alicyclic amines) is 1. The molecule has 2 amide bonds. The van der Waals surface area contributed by atoms with Crippen molar-refractivity contribution in [3.63, 3.8) is 0 Å². The van der Waals surface area contributed by atoms with E-state index in [0.717, 1.165) is 12.8 Å². The summed E-state index contributed by atoms with van der Waals surface area (Å²) in [7, 11) is 0. The maximum atomic E-state index is 11.3. The van der Waals surface area contributed by atoms with Gasteiger partial charge in [0.1, 0.15) is 0 Å². The second kappa shape index (κ2) is 4.51. The third-order valence-corrected chi connectivity index (χ3v) is 4.08. The zero-order chi connectivity index (χ0) is 13.4. The summed E-state index contributed by atoms with van der Waals surface area (Å²) in [6, 6.07) is -0.767. The number of fused-ring (bicyclic) bond motifs is 2. The van der Waals surface area contributed by atoms with Crippen molar-refractivity contribution in [2.24, 2.45) is 5.92 Å². The fourth-order valence-corrected chi connectivity index (χ4v) is 3.26. The minimum atomic E-state index is -0.976. The molecule has 2 heterocycles. The van der Waals surface area contributed by atoms with Gasteiger partial charge in [0.15, 0.2) is 0 Å². The van der Waals surface area contributed by atoms with Crippen LogP contribution in [0.15, 0.2) is 12.7 Å². The summed E-state index contributed by atoms with van der Waals surface area (Å²) in [5.74, 6) is -0.0630. The molecule has 0 unspecified atom stereocenters. The van der Waals surface area contributed by atoms with Gasteiger partial charge in [-0.3, -0.25) is 4.90 Å². The third-order valence-electron chi connectivity index (χ3n) is 4.08. The molecule has 18 heavy (non-hydrogen) atoms. The van der Waals surface area contributed by atoms with Crippen LogP contribution in [0.3, 0.4) is 0 Å². The highest BCUT2D eigenvalue weighted by atomic mass is 16.4. The number of hydrogen-bond acceptors (Lipinski definition) is 2. The van der Waals surface area contributed by atoms with E-state index >= 15 is 0 Å². The van der Waals surface area contributed by atoms with Gasteiger partial charge in [-0.25, -0.2) is 9.59 Å². The van der Waals surface area contributed by atoms with Gasteiger partial charge in [-0.2, -0.15) is 0 Å². The number of rotatable bonds is 2. The van der Waals surface area contributed by atoms with Crippen LogP contribution < -0.4 is 0 Å². The van der Waals surface area contributed by atoms with Crippen LogP contribution in [0.25, 0.3) is 0 Å². The van der Waals surface area contributed by atoms with Gasteiger partial charge in [0, 0.05) is 6.54 Å². The number of piperazine rings is 1. The lowest BCUT2D eigenvalue weighted by Crippen LogP contribution is -2.63. The molecular weight excluding hydrogens is 236 g/mol. The van der Waals surface area contributed by atoms with E-state index in [1.807, 2.05) is 6.92 Å². The molecule has 6 heteroatoms. The number of amides is 2. The van der Waals surface area contributed by atoms with E-state index in [-0.39, 0.29) is 30.6 Å². The van der Waals surface area contributed by atoms with E-state index in [4.69, 9.17) is 0 Å². The molecule has 2 N–H and O–H groups in total. The molecule has 0 aliphatic carbocycles. The lowest BCUT2D eigenvalue weighted by atomic mass is 9.91. The Morgan fingerprint density at radius 3 is 2.50 bits per heavy atom. The highest BCUT2D eigenvalue weighted by Gasteiger charge is 2.51. The largest absolute Gasteiger partial charge is 0.465 e. The number of nitrogens with zero attached hydrogens (tertiary/aromatic N) is 2. The first-order valence-corrected chi connectivity index (χ1v) is 6.10.